The predicted molar refractivity (Wildman–Crippen MR) is 74.6 cm³/mol. The van der Waals surface area contributed by atoms with Gasteiger partial charge in [0.05, 0.1) is 0 Å². The Labute approximate surface area is 112 Å². The van der Waals surface area contributed by atoms with Crippen molar-refractivity contribution >= 4 is 15.9 Å². The molecule has 1 atom stereocenters. The van der Waals surface area contributed by atoms with E-state index in [-0.39, 0.29) is 11.9 Å². The summed E-state index contributed by atoms with van der Waals surface area (Å²) in [6.07, 6.45) is 2.12. The van der Waals surface area contributed by atoms with Crippen LogP contribution in [-0.4, -0.2) is 6.54 Å². The molecule has 1 unspecified atom stereocenters. The molecular formula is C14H21BrFN. The molecule has 0 radical (unpaired) electrons. The van der Waals surface area contributed by atoms with Gasteiger partial charge in [0.1, 0.15) is 5.82 Å². The monoisotopic (exact) mass is 301 g/mol. The highest BCUT2D eigenvalue weighted by Crippen LogP contribution is 2.30. The normalized spacial score (nSPS) is 13.1. The molecule has 96 valence electrons. The second kappa shape index (κ2) is 7.12. The Balaban J connectivity index is 3.03. The van der Waals surface area contributed by atoms with Crippen LogP contribution in [-0.2, 0) is 0 Å². The Kier molecular flexibility index (Phi) is 6.14. The molecule has 0 heterocycles. The van der Waals surface area contributed by atoms with Crippen molar-refractivity contribution in [3.63, 3.8) is 0 Å². The van der Waals surface area contributed by atoms with E-state index in [0.717, 1.165) is 29.4 Å². The first-order chi connectivity index (χ1) is 8.13. The molecule has 0 aliphatic rings. The Bertz CT molecular complexity index is 350. The van der Waals surface area contributed by atoms with Crippen molar-refractivity contribution < 1.29 is 4.39 Å². The maximum atomic E-state index is 14.0. The summed E-state index contributed by atoms with van der Waals surface area (Å²) in [6.45, 7) is 7.24. The van der Waals surface area contributed by atoms with Crippen LogP contribution < -0.4 is 5.32 Å². The lowest BCUT2D eigenvalue weighted by Crippen LogP contribution is -2.28. The van der Waals surface area contributed by atoms with Gasteiger partial charge >= 0.3 is 0 Å². The summed E-state index contributed by atoms with van der Waals surface area (Å²) in [5, 5.41) is 3.41. The van der Waals surface area contributed by atoms with Crippen LogP contribution in [0.2, 0.25) is 0 Å². The minimum Gasteiger partial charge on any atom is -0.310 e. The van der Waals surface area contributed by atoms with Crippen molar-refractivity contribution in [3.05, 3.63) is 34.1 Å². The largest absolute Gasteiger partial charge is 0.310 e. The third-order valence-corrected chi connectivity index (χ3v) is 3.74. The molecule has 0 spiro atoms. The Morgan fingerprint density at radius 3 is 2.35 bits per heavy atom. The summed E-state index contributed by atoms with van der Waals surface area (Å²) < 4.78 is 14.8. The smallest absolute Gasteiger partial charge is 0.129 e. The molecule has 1 aromatic rings. The van der Waals surface area contributed by atoms with E-state index in [1.165, 1.54) is 0 Å². The first-order valence-corrected chi connectivity index (χ1v) is 7.11. The molecule has 1 rings (SSSR count). The van der Waals surface area contributed by atoms with E-state index in [1.54, 1.807) is 6.07 Å². The van der Waals surface area contributed by atoms with Crippen LogP contribution in [0.5, 0.6) is 0 Å². The summed E-state index contributed by atoms with van der Waals surface area (Å²) in [4.78, 5) is 0. The third kappa shape index (κ3) is 3.78. The number of nitrogens with one attached hydrogen (secondary N) is 1. The van der Waals surface area contributed by atoms with Gasteiger partial charge in [0, 0.05) is 16.1 Å². The zero-order valence-electron chi connectivity index (χ0n) is 10.8. The fourth-order valence-electron chi connectivity index (χ4n) is 2.26. The zero-order valence-corrected chi connectivity index (χ0v) is 12.3. The summed E-state index contributed by atoms with van der Waals surface area (Å²) >= 11 is 3.30. The molecule has 0 saturated heterocycles. The Hall–Kier alpha value is -0.410. The molecule has 0 saturated carbocycles. The molecule has 1 nitrogen and oxygen atoms in total. The van der Waals surface area contributed by atoms with Gasteiger partial charge in [-0.05, 0) is 24.6 Å². The van der Waals surface area contributed by atoms with E-state index < -0.39 is 0 Å². The van der Waals surface area contributed by atoms with Crippen LogP contribution in [0.4, 0.5) is 4.39 Å². The quantitative estimate of drug-likeness (QED) is 0.805. The van der Waals surface area contributed by atoms with Gasteiger partial charge in [-0.15, -0.1) is 0 Å². The van der Waals surface area contributed by atoms with E-state index in [0.29, 0.717) is 5.92 Å². The molecule has 0 fully saturated rings. The van der Waals surface area contributed by atoms with E-state index >= 15 is 0 Å². The van der Waals surface area contributed by atoms with Crippen molar-refractivity contribution in [2.24, 2.45) is 5.92 Å². The first kappa shape index (κ1) is 14.7. The number of rotatable bonds is 6. The average molecular weight is 302 g/mol. The number of hydrogen-bond acceptors (Lipinski definition) is 1. The molecule has 0 aromatic heterocycles. The minimum absolute atomic E-state index is 0.114. The van der Waals surface area contributed by atoms with Gasteiger partial charge < -0.3 is 5.32 Å². The van der Waals surface area contributed by atoms with Crippen molar-refractivity contribution in [1.29, 1.82) is 0 Å². The molecule has 0 aliphatic carbocycles. The van der Waals surface area contributed by atoms with E-state index in [1.807, 2.05) is 12.1 Å². The molecule has 0 aliphatic heterocycles. The molecule has 0 amide bonds. The predicted octanol–water partition coefficient (Wildman–Crippen LogP) is 4.68. The van der Waals surface area contributed by atoms with Gasteiger partial charge in [0.25, 0.3) is 0 Å². The van der Waals surface area contributed by atoms with Crippen molar-refractivity contribution in [2.75, 3.05) is 6.54 Å². The Morgan fingerprint density at radius 1 is 1.24 bits per heavy atom. The third-order valence-electron chi connectivity index (χ3n) is 3.24. The molecular weight excluding hydrogens is 281 g/mol. The first-order valence-electron chi connectivity index (χ1n) is 6.32. The highest BCUT2D eigenvalue weighted by molar-refractivity contribution is 9.10. The van der Waals surface area contributed by atoms with Crippen LogP contribution in [0, 0.1) is 11.7 Å². The summed E-state index contributed by atoms with van der Waals surface area (Å²) in [5.74, 6) is 0.350. The molecule has 1 aromatic carbocycles. The Morgan fingerprint density at radius 2 is 1.88 bits per heavy atom. The molecule has 3 heteroatoms. The second-order valence-corrected chi connectivity index (χ2v) is 5.19. The van der Waals surface area contributed by atoms with E-state index in [9.17, 15) is 4.39 Å². The minimum atomic E-state index is -0.128. The number of halogens is 2. The summed E-state index contributed by atoms with van der Waals surface area (Å²) in [6, 6.07) is 5.45. The fraction of sp³-hybridized carbons (Fsp3) is 0.571. The maximum Gasteiger partial charge on any atom is 0.129 e. The SMILES string of the molecule is CCNC(c1ccc(Br)cc1F)C(CC)CC. The summed E-state index contributed by atoms with van der Waals surface area (Å²) in [5.41, 5.74) is 0.781. The number of hydrogen-bond donors (Lipinski definition) is 1. The maximum absolute atomic E-state index is 14.0. The van der Waals surface area contributed by atoms with Gasteiger partial charge in [-0.2, -0.15) is 0 Å². The molecule has 0 bridgehead atoms. The lowest BCUT2D eigenvalue weighted by atomic mass is 9.88. The standard InChI is InChI=1S/C14H21BrFN/c1-4-10(5-2)14(17-6-3)12-8-7-11(15)9-13(12)16/h7-10,14,17H,4-6H2,1-3H3. The van der Waals surface area contributed by atoms with Crippen molar-refractivity contribution in [1.82, 2.24) is 5.32 Å². The zero-order chi connectivity index (χ0) is 12.8. The van der Waals surface area contributed by atoms with Gasteiger partial charge in [-0.1, -0.05) is 55.6 Å². The van der Waals surface area contributed by atoms with Crippen LogP contribution in [0.25, 0.3) is 0 Å². The average Bonchev–Trinajstić information content (AvgIpc) is 2.30. The van der Waals surface area contributed by atoms with Gasteiger partial charge in [0.2, 0.25) is 0 Å². The molecule has 1 N–H and O–H groups in total. The van der Waals surface area contributed by atoms with Crippen LogP contribution in [0.15, 0.2) is 22.7 Å². The van der Waals surface area contributed by atoms with Crippen molar-refractivity contribution in [2.45, 2.75) is 39.7 Å². The fourth-order valence-corrected chi connectivity index (χ4v) is 2.60. The van der Waals surface area contributed by atoms with Crippen molar-refractivity contribution in [3.8, 4) is 0 Å². The van der Waals surface area contributed by atoms with E-state index in [4.69, 9.17) is 0 Å². The van der Waals surface area contributed by atoms with Crippen LogP contribution in [0.1, 0.15) is 45.2 Å². The number of benzene rings is 1. The van der Waals surface area contributed by atoms with Crippen LogP contribution in [0.3, 0.4) is 0 Å². The van der Waals surface area contributed by atoms with E-state index in [2.05, 4.69) is 42.0 Å². The van der Waals surface area contributed by atoms with Gasteiger partial charge in [0.15, 0.2) is 0 Å². The van der Waals surface area contributed by atoms with Gasteiger partial charge in [-0.3, -0.25) is 0 Å². The summed E-state index contributed by atoms with van der Waals surface area (Å²) in [7, 11) is 0. The van der Waals surface area contributed by atoms with Gasteiger partial charge in [-0.25, -0.2) is 4.39 Å². The lowest BCUT2D eigenvalue weighted by Gasteiger charge is -2.27. The lowest BCUT2D eigenvalue weighted by molar-refractivity contribution is 0.337. The highest BCUT2D eigenvalue weighted by atomic mass is 79.9. The molecule has 17 heavy (non-hydrogen) atoms. The second-order valence-electron chi connectivity index (χ2n) is 4.28. The highest BCUT2D eigenvalue weighted by Gasteiger charge is 2.22. The topological polar surface area (TPSA) is 12.0 Å². The van der Waals surface area contributed by atoms with Crippen LogP contribution >= 0.6 is 15.9 Å².